The van der Waals surface area contributed by atoms with Crippen molar-refractivity contribution in [2.24, 2.45) is 5.92 Å². The zero-order valence-corrected chi connectivity index (χ0v) is 13.9. The van der Waals surface area contributed by atoms with Crippen LogP contribution in [0.15, 0.2) is 24.3 Å². The number of carbonyl (C=O) groups excluding carboxylic acids is 1. The highest BCUT2D eigenvalue weighted by Crippen LogP contribution is 2.46. The van der Waals surface area contributed by atoms with Crippen molar-refractivity contribution < 1.29 is 23.1 Å². The summed E-state index contributed by atoms with van der Waals surface area (Å²) in [6, 6.07) is 7.76. The molecule has 1 aromatic carbocycles. The first-order valence-corrected chi connectivity index (χ1v) is 8.50. The summed E-state index contributed by atoms with van der Waals surface area (Å²) < 4.78 is 26.6. The maximum atomic E-state index is 11.9. The topological polar surface area (TPSA) is 61.8 Å². The van der Waals surface area contributed by atoms with Crippen LogP contribution in [0.25, 0.3) is 0 Å². The fourth-order valence-electron chi connectivity index (χ4n) is 2.11. The van der Waals surface area contributed by atoms with Gasteiger partial charge in [0.15, 0.2) is 0 Å². The molecule has 1 aromatic rings. The summed E-state index contributed by atoms with van der Waals surface area (Å²) in [7, 11) is 0.953. The van der Waals surface area contributed by atoms with Crippen LogP contribution in [0.1, 0.15) is 18.9 Å². The Kier molecular flexibility index (Phi) is 7.09. The fourth-order valence-corrected chi connectivity index (χ4v) is 3.08. The van der Waals surface area contributed by atoms with Gasteiger partial charge in [-0.3, -0.25) is 9.36 Å². The lowest BCUT2D eigenvalue weighted by Gasteiger charge is -2.15. The number of carbonyl (C=O) groups is 1. The van der Waals surface area contributed by atoms with Crippen LogP contribution >= 0.6 is 7.60 Å². The van der Waals surface area contributed by atoms with Gasteiger partial charge in [-0.15, -0.1) is 0 Å². The maximum Gasteiger partial charge on any atom is 0.337 e. The van der Waals surface area contributed by atoms with Crippen LogP contribution in [0.4, 0.5) is 0 Å². The molecule has 0 aliphatic carbocycles. The molecule has 0 radical (unpaired) electrons. The van der Waals surface area contributed by atoms with E-state index in [0.717, 1.165) is 17.7 Å². The third-order valence-electron chi connectivity index (χ3n) is 3.25. The summed E-state index contributed by atoms with van der Waals surface area (Å²) in [4.78, 5) is 11.9. The monoisotopic (exact) mass is 314 g/mol. The number of Topliss-reactive ketones (excluding diaryl/α,β-unsaturated/α-hetero) is 1. The molecular weight excluding hydrogens is 291 g/mol. The SMILES string of the molecule is COc1ccc(CC(C)CC(=O)CP(=O)(OC)OC)cc1. The third-order valence-corrected chi connectivity index (χ3v) is 5.10. The molecule has 118 valence electrons. The van der Waals surface area contributed by atoms with E-state index in [9.17, 15) is 9.36 Å². The van der Waals surface area contributed by atoms with E-state index in [2.05, 4.69) is 0 Å². The standard InChI is InChI=1S/C15H23O5P/c1-12(9-13-5-7-15(18-2)8-6-13)10-14(16)11-21(17,19-3)20-4/h5-8,12H,9-11H2,1-4H3. The molecule has 5 nitrogen and oxygen atoms in total. The molecule has 1 atom stereocenters. The summed E-state index contributed by atoms with van der Waals surface area (Å²) in [6.07, 6.45) is 0.954. The van der Waals surface area contributed by atoms with Crippen molar-refractivity contribution in [3.05, 3.63) is 29.8 Å². The van der Waals surface area contributed by atoms with Crippen LogP contribution in [-0.4, -0.2) is 33.3 Å². The van der Waals surface area contributed by atoms with E-state index in [0.29, 0.717) is 6.42 Å². The molecule has 0 amide bonds. The number of rotatable bonds is 9. The lowest BCUT2D eigenvalue weighted by Crippen LogP contribution is -2.13. The molecule has 6 heteroatoms. The minimum absolute atomic E-state index is 0.108. The average molecular weight is 314 g/mol. The second-order valence-electron chi connectivity index (χ2n) is 5.03. The third kappa shape index (κ3) is 6.00. The Morgan fingerprint density at radius 2 is 1.71 bits per heavy atom. The maximum absolute atomic E-state index is 11.9. The number of methoxy groups -OCH3 is 1. The summed E-state index contributed by atoms with van der Waals surface area (Å²) in [6.45, 7) is 1.99. The summed E-state index contributed by atoms with van der Waals surface area (Å²) >= 11 is 0. The lowest BCUT2D eigenvalue weighted by molar-refractivity contribution is -0.117. The van der Waals surface area contributed by atoms with Crippen LogP contribution in [-0.2, 0) is 24.8 Å². The molecule has 21 heavy (non-hydrogen) atoms. The van der Waals surface area contributed by atoms with Gasteiger partial charge in [0, 0.05) is 20.6 Å². The van der Waals surface area contributed by atoms with E-state index < -0.39 is 7.60 Å². The molecule has 0 fully saturated rings. The van der Waals surface area contributed by atoms with Crippen molar-refractivity contribution >= 4 is 13.4 Å². The molecular formula is C15H23O5P. The molecule has 1 rings (SSSR count). The van der Waals surface area contributed by atoms with Crippen LogP contribution in [0.5, 0.6) is 5.75 Å². The van der Waals surface area contributed by atoms with Gasteiger partial charge in [-0.25, -0.2) is 0 Å². The zero-order chi connectivity index (χ0) is 15.9. The molecule has 0 saturated heterocycles. The number of hydrogen-bond donors (Lipinski definition) is 0. The molecule has 0 aliphatic heterocycles. The van der Waals surface area contributed by atoms with Crippen LogP contribution in [0.2, 0.25) is 0 Å². The van der Waals surface area contributed by atoms with E-state index in [1.165, 1.54) is 14.2 Å². The molecule has 0 aliphatic rings. The average Bonchev–Trinajstić information content (AvgIpc) is 2.47. The minimum atomic E-state index is -3.25. The minimum Gasteiger partial charge on any atom is -0.497 e. The van der Waals surface area contributed by atoms with Crippen LogP contribution in [0.3, 0.4) is 0 Å². The fraction of sp³-hybridized carbons (Fsp3) is 0.533. The molecule has 0 spiro atoms. The van der Waals surface area contributed by atoms with Gasteiger partial charge in [0.1, 0.15) is 17.7 Å². The van der Waals surface area contributed by atoms with E-state index in [-0.39, 0.29) is 17.9 Å². The number of ketones is 1. The van der Waals surface area contributed by atoms with Crippen molar-refractivity contribution in [3.63, 3.8) is 0 Å². The van der Waals surface area contributed by atoms with Crippen molar-refractivity contribution in [1.29, 1.82) is 0 Å². The highest BCUT2D eigenvalue weighted by Gasteiger charge is 2.26. The van der Waals surface area contributed by atoms with E-state index in [4.69, 9.17) is 13.8 Å². The van der Waals surface area contributed by atoms with Crippen molar-refractivity contribution in [1.82, 2.24) is 0 Å². The Balaban J connectivity index is 2.50. The first-order valence-electron chi connectivity index (χ1n) is 6.77. The molecule has 0 saturated carbocycles. The normalized spacial score (nSPS) is 13.0. The molecule has 0 N–H and O–H groups in total. The van der Waals surface area contributed by atoms with Gasteiger partial charge < -0.3 is 13.8 Å². The Labute approximate surface area is 126 Å². The largest absolute Gasteiger partial charge is 0.497 e. The highest BCUT2D eigenvalue weighted by molar-refractivity contribution is 7.54. The van der Waals surface area contributed by atoms with Gasteiger partial charge in [-0.05, 0) is 30.0 Å². The Morgan fingerprint density at radius 1 is 1.14 bits per heavy atom. The zero-order valence-electron chi connectivity index (χ0n) is 13.0. The number of ether oxygens (including phenoxy) is 1. The van der Waals surface area contributed by atoms with Crippen molar-refractivity contribution in [2.75, 3.05) is 27.5 Å². The highest BCUT2D eigenvalue weighted by atomic mass is 31.2. The second-order valence-corrected chi connectivity index (χ2v) is 7.30. The Hall–Kier alpha value is -1.16. The van der Waals surface area contributed by atoms with Crippen molar-refractivity contribution in [3.8, 4) is 5.75 Å². The molecule has 0 heterocycles. The summed E-state index contributed by atoms with van der Waals surface area (Å²) in [5, 5.41) is 0. The Morgan fingerprint density at radius 3 is 2.19 bits per heavy atom. The van der Waals surface area contributed by atoms with Crippen LogP contribution < -0.4 is 4.74 Å². The van der Waals surface area contributed by atoms with E-state index >= 15 is 0 Å². The van der Waals surface area contributed by atoms with Gasteiger partial charge in [-0.1, -0.05) is 19.1 Å². The molecule has 0 aromatic heterocycles. The van der Waals surface area contributed by atoms with Crippen LogP contribution in [0, 0.1) is 5.92 Å². The van der Waals surface area contributed by atoms with Gasteiger partial charge in [0.05, 0.1) is 7.11 Å². The predicted octanol–water partition coefficient (Wildman–Crippen LogP) is 3.32. The smallest absolute Gasteiger partial charge is 0.337 e. The Bertz CT molecular complexity index is 489. The van der Waals surface area contributed by atoms with Crippen molar-refractivity contribution in [2.45, 2.75) is 19.8 Å². The number of benzene rings is 1. The van der Waals surface area contributed by atoms with E-state index in [1.54, 1.807) is 7.11 Å². The quantitative estimate of drug-likeness (QED) is 0.654. The van der Waals surface area contributed by atoms with Gasteiger partial charge in [-0.2, -0.15) is 0 Å². The summed E-state index contributed by atoms with van der Waals surface area (Å²) in [5.74, 6) is 0.861. The molecule has 0 bridgehead atoms. The first kappa shape index (κ1) is 17.9. The summed E-state index contributed by atoms with van der Waals surface area (Å²) in [5.41, 5.74) is 1.14. The number of hydrogen-bond acceptors (Lipinski definition) is 5. The van der Waals surface area contributed by atoms with Gasteiger partial charge >= 0.3 is 7.60 Å². The second kappa shape index (κ2) is 8.32. The lowest BCUT2D eigenvalue weighted by atomic mass is 9.96. The molecule has 1 unspecified atom stereocenters. The first-order chi connectivity index (χ1) is 9.92. The van der Waals surface area contributed by atoms with E-state index in [1.807, 2.05) is 31.2 Å². The van der Waals surface area contributed by atoms with Gasteiger partial charge in [0.2, 0.25) is 0 Å². The predicted molar refractivity (Wildman–Crippen MR) is 82.0 cm³/mol. The van der Waals surface area contributed by atoms with Gasteiger partial charge in [0.25, 0.3) is 0 Å².